The van der Waals surface area contributed by atoms with Gasteiger partial charge in [-0.3, -0.25) is 4.79 Å². The second kappa shape index (κ2) is 4.50. The highest BCUT2D eigenvalue weighted by molar-refractivity contribution is 14.1. The summed E-state index contributed by atoms with van der Waals surface area (Å²) in [6.45, 7) is 3.80. The Kier molecular flexibility index (Phi) is 3.46. The zero-order valence-electron chi connectivity index (χ0n) is 8.53. The lowest BCUT2D eigenvalue weighted by Crippen LogP contribution is -2.51. The minimum absolute atomic E-state index is 0.0472. The second-order valence-corrected chi connectivity index (χ2v) is 5.25. The lowest BCUT2D eigenvalue weighted by atomic mass is 10.2. The molecule has 1 amide bonds. The Morgan fingerprint density at radius 2 is 2.33 bits per heavy atom. The number of rotatable bonds is 2. The van der Waals surface area contributed by atoms with Gasteiger partial charge >= 0.3 is 0 Å². The number of ether oxygens (including phenoxy) is 1. The van der Waals surface area contributed by atoms with Crippen molar-refractivity contribution in [2.75, 3.05) is 26.3 Å². The standard InChI is InChI=1S/C9H14FIN2O2/c1-6-5-12(2-3-13(6)11)9(14)8-7(4-10)15-8/h6-8H,2-5H2,1H3/t6-,7?,8?/m0/s1. The van der Waals surface area contributed by atoms with Crippen LogP contribution in [-0.2, 0) is 9.53 Å². The van der Waals surface area contributed by atoms with Crippen LogP contribution in [0.3, 0.4) is 0 Å². The molecule has 0 saturated carbocycles. The van der Waals surface area contributed by atoms with E-state index in [2.05, 4.69) is 32.9 Å². The molecule has 15 heavy (non-hydrogen) atoms. The van der Waals surface area contributed by atoms with Crippen molar-refractivity contribution in [1.29, 1.82) is 0 Å². The largest absolute Gasteiger partial charge is 0.356 e. The summed E-state index contributed by atoms with van der Waals surface area (Å²) in [5.74, 6) is -0.0472. The zero-order valence-corrected chi connectivity index (χ0v) is 10.7. The number of alkyl halides is 1. The van der Waals surface area contributed by atoms with Crippen molar-refractivity contribution in [3.63, 3.8) is 0 Å². The van der Waals surface area contributed by atoms with Crippen LogP contribution in [0.15, 0.2) is 0 Å². The first-order valence-electron chi connectivity index (χ1n) is 5.06. The molecule has 2 aliphatic rings. The third kappa shape index (κ3) is 2.42. The van der Waals surface area contributed by atoms with Crippen molar-refractivity contribution >= 4 is 28.8 Å². The predicted octanol–water partition coefficient (Wildman–Crippen LogP) is 0.606. The number of carbonyl (C=O) groups is 1. The summed E-state index contributed by atoms with van der Waals surface area (Å²) in [7, 11) is 0. The van der Waals surface area contributed by atoms with E-state index < -0.39 is 18.9 Å². The molecule has 2 heterocycles. The van der Waals surface area contributed by atoms with E-state index >= 15 is 0 Å². The fourth-order valence-corrected chi connectivity index (χ4v) is 2.18. The van der Waals surface area contributed by atoms with E-state index in [1.165, 1.54) is 0 Å². The van der Waals surface area contributed by atoms with Crippen molar-refractivity contribution < 1.29 is 13.9 Å². The molecule has 2 aliphatic heterocycles. The van der Waals surface area contributed by atoms with E-state index in [0.29, 0.717) is 19.1 Å². The lowest BCUT2D eigenvalue weighted by molar-refractivity contribution is -0.134. The van der Waals surface area contributed by atoms with Crippen LogP contribution >= 0.6 is 22.9 Å². The molecule has 4 nitrogen and oxygen atoms in total. The number of piperazine rings is 1. The van der Waals surface area contributed by atoms with Gasteiger partial charge in [-0.2, -0.15) is 0 Å². The van der Waals surface area contributed by atoms with E-state index in [9.17, 15) is 9.18 Å². The summed E-state index contributed by atoms with van der Waals surface area (Å²) in [5.41, 5.74) is 0. The summed E-state index contributed by atoms with van der Waals surface area (Å²) in [6, 6.07) is 0.353. The van der Waals surface area contributed by atoms with Gasteiger partial charge in [0.1, 0.15) is 12.8 Å². The van der Waals surface area contributed by atoms with E-state index in [4.69, 9.17) is 4.74 Å². The first-order chi connectivity index (χ1) is 7.13. The highest BCUT2D eigenvalue weighted by Crippen LogP contribution is 2.26. The number of hydrogen-bond donors (Lipinski definition) is 0. The van der Waals surface area contributed by atoms with Crippen LogP contribution in [0.4, 0.5) is 4.39 Å². The number of nitrogens with zero attached hydrogens (tertiary/aromatic N) is 2. The third-order valence-electron chi connectivity index (χ3n) is 2.84. The molecule has 2 rings (SSSR count). The van der Waals surface area contributed by atoms with Crippen molar-refractivity contribution in [3.05, 3.63) is 0 Å². The molecule has 0 bridgehead atoms. The van der Waals surface area contributed by atoms with Crippen LogP contribution in [0.2, 0.25) is 0 Å². The Bertz CT molecular complexity index is 266. The monoisotopic (exact) mass is 328 g/mol. The van der Waals surface area contributed by atoms with Gasteiger partial charge in [0.15, 0.2) is 6.10 Å². The van der Waals surface area contributed by atoms with Gasteiger partial charge in [-0.15, -0.1) is 0 Å². The molecule has 0 radical (unpaired) electrons. The molecule has 0 spiro atoms. The Balaban J connectivity index is 1.87. The van der Waals surface area contributed by atoms with Gasteiger partial charge in [0.05, 0.1) is 0 Å². The minimum atomic E-state index is -0.557. The molecule has 86 valence electrons. The van der Waals surface area contributed by atoms with Gasteiger partial charge in [0.25, 0.3) is 5.91 Å². The predicted molar refractivity (Wildman–Crippen MR) is 61.4 cm³/mol. The fraction of sp³-hybridized carbons (Fsp3) is 0.889. The van der Waals surface area contributed by atoms with E-state index in [1.807, 2.05) is 0 Å². The van der Waals surface area contributed by atoms with Crippen LogP contribution < -0.4 is 0 Å². The normalized spacial score (nSPS) is 36.7. The van der Waals surface area contributed by atoms with Crippen LogP contribution in [0, 0.1) is 0 Å². The smallest absolute Gasteiger partial charge is 0.254 e. The minimum Gasteiger partial charge on any atom is -0.356 e. The quantitative estimate of drug-likeness (QED) is 0.423. The first-order valence-corrected chi connectivity index (χ1v) is 6.02. The van der Waals surface area contributed by atoms with E-state index in [1.54, 1.807) is 4.90 Å². The summed E-state index contributed by atoms with van der Waals surface area (Å²) in [5, 5.41) is 0. The molecule has 2 fully saturated rings. The number of amides is 1. The maximum absolute atomic E-state index is 12.2. The SMILES string of the molecule is C[C@H]1CN(C(=O)C2OC2CF)CCN1I. The first kappa shape index (κ1) is 11.5. The van der Waals surface area contributed by atoms with Gasteiger partial charge in [-0.05, 0) is 6.92 Å². The van der Waals surface area contributed by atoms with Crippen molar-refractivity contribution in [1.82, 2.24) is 8.01 Å². The van der Waals surface area contributed by atoms with Crippen LogP contribution in [0.25, 0.3) is 0 Å². The highest BCUT2D eigenvalue weighted by atomic mass is 127. The number of epoxide rings is 1. The molecule has 3 atom stereocenters. The van der Waals surface area contributed by atoms with Crippen LogP contribution in [-0.4, -0.2) is 58.5 Å². The van der Waals surface area contributed by atoms with Gasteiger partial charge in [0, 0.05) is 48.5 Å². The van der Waals surface area contributed by atoms with Gasteiger partial charge < -0.3 is 9.64 Å². The molecule has 0 aromatic rings. The summed E-state index contributed by atoms with van der Waals surface area (Å²) in [6.07, 6.45) is -0.992. The highest BCUT2D eigenvalue weighted by Gasteiger charge is 2.47. The van der Waals surface area contributed by atoms with Gasteiger partial charge in [-0.25, -0.2) is 7.50 Å². The molecule has 6 heteroatoms. The zero-order chi connectivity index (χ0) is 11.0. The van der Waals surface area contributed by atoms with Crippen LogP contribution in [0.5, 0.6) is 0 Å². The summed E-state index contributed by atoms with van der Waals surface area (Å²) in [4.78, 5) is 13.6. The molecular weight excluding hydrogens is 314 g/mol. The molecule has 0 aliphatic carbocycles. The maximum atomic E-state index is 12.2. The maximum Gasteiger partial charge on any atom is 0.254 e. The Morgan fingerprint density at radius 3 is 2.87 bits per heavy atom. The number of hydrogen-bond acceptors (Lipinski definition) is 3. The molecule has 0 aromatic heterocycles. The van der Waals surface area contributed by atoms with Crippen LogP contribution in [0.1, 0.15) is 6.92 Å². The van der Waals surface area contributed by atoms with Gasteiger partial charge in [-0.1, -0.05) is 0 Å². The average molecular weight is 328 g/mol. The third-order valence-corrected chi connectivity index (χ3v) is 4.27. The molecule has 2 saturated heterocycles. The van der Waals surface area contributed by atoms with Crippen molar-refractivity contribution in [2.45, 2.75) is 25.2 Å². The molecule has 0 aromatic carbocycles. The number of halogens is 2. The Morgan fingerprint density at radius 1 is 1.60 bits per heavy atom. The topological polar surface area (TPSA) is 36.1 Å². The fourth-order valence-electron chi connectivity index (χ4n) is 1.79. The average Bonchev–Trinajstić information content (AvgIpc) is 3.00. The molecule has 2 unspecified atom stereocenters. The van der Waals surface area contributed by atoms with Gasteiger partial charge in [0.2, 0.25) is 0 Å². The molecule has 0 N–H and O–H groups in total. The molecular formula is C9H14FIN2O2. The number of carbonyl (C=O) groups excluding carboxylic acids is 1. The van der Waals surface area contributed by atoms with E-state index in [0.717, 1.165) is 6.54 Å². The van der Waals surface area contributed by atoms with E-state index in [-0.39, 0.29) is 5.91 Å². The summed E-state index contributed by atoms with van der Waals surface area (Å²) >= 11 is 2.26. The Labute approximate surface area is 102 Å². The summed E-state index contributed by atoms with van der Waals surface area (Å²) < 4.78 is 19.3. The lowest BCUT2D eigenvalue weighted by Gasteiger charge is -2.36. The Hall–Kier alpha value is 0.0500. The van der Waals surface area contributed by atoms with Crippen molar-refractivity contribution in [2.24, 2.45) is 0 Å². The van der Waals surface area contributed by atoms with Crippen molar-refractivity contribution in [3.8, 4) is 0 Å². The second-order valence-electron chi connectivity index (χ2n) is 4.01.